The summed E-state index contributed by atoms with van der Waals surface area (Å²) >= 11 is 5.77. The molecule has 72 valence electrons. The number of aliphatic carboxylic acids is 1. The van der Waals surface area contributed by atoms with E-state index in [2.05, 4.69) is 36.6 Å². The maximum absolute atomic E-state index is 10.6. The molecule has 4 nitrogen and oxygen atoms in total. The number of ether oxygens (including phenoxy) is 1. The molecule has 6 heteroatoms. The first-order valence-corrected chi connectivity index (χ1v) is 4.62. The van der Waals surface area contributed by atoms with Crippen LogP contribution in [0.1, 0.15) is 0 Å². The molecule has 0 atom stereocenters. The van der Waals surface area contributed by atoms with E-state index in [-0.39, 0.29) is 8.96 Å². The second-order valence-corrected chi connectivity index (χ2v) is 3.47. The lowest BCUT2D eigenvalue weighted by atomic mass is 10.4. The number of esters is 1. The van der Waals surface area contributed by atoms with Crippen LogP contribution in [0.5, 0.6) is 0 Å². The molecule has 0 rings (SSSR count). The topological polar surface area (TPSA) is 63.6 Å². The third-order valence-corrected chi connectivity index (χ3v) is 2.92. The Morgan fingerprint density at radius 1 is 1.31 bits per heavy atom. The minimum Gasteiger partial charge on any atom is -0.477 e. The average molecular weight is 314 g/mol. The van der Waals surface area contributed by atoms with Gasteiger partial charge in [-0.1, -0.05) is 0 Å². The van der Waals surface area contributed by atoms with Gasteiger partial charge in [0.2, 0.25) is 0 Å². The first kappa shape index (κ1) is 12.4. The summed E-state index contributed by atoms with van der Waals surface area (Å²) in [6.07, 6.45) is 2.39. The molecule has 0 radical (unpaired) electrons. The van der Waals surface area contributed by atoms with Crippen molar-refractivity contribution in [1.29, 1.82) is 0 Å². The molecule has 0 aromatic rings. The van der Waals surface area contributed by atoms with E-state index in [0.29, 0.717) is 0 Å². The fourth-order valence-electron chi connectivity index (χ4n) is 0.385. The number of carboxylic acids is 1. The van der Waals surface area contributed by atoms with E-state index in [9.17, 15) is 9.59 Å². The number of hydrogen-bond acceptors (Lipinski definition) is 3. The number of hydrogen-bond donors (Lipinski definition) is 1. The molecule has 0 saturated carbocycles. The summed E-state index contributed by atoms with van der Waals surface area (Å²) < 4.78 is 4.50. The summed E-state index contributed by atoms with van der Waals surface area (Å²) in [6, 6.07) is 0. The molecule has 0 heterocycles. The van der Waals surface area contributed by atoms with E-state index < -0.39 is 11.9 Å². The summed E-state index contributed by atoms with van der Waals surface area (Å²) in [5, 5.41) is 8.49. The SMILES string of the molecule is COC(=O)C=CC(Br)=C(Br)C(=O)O. The summed E-state index contributed by atoms with van der Waals surface area (Å²) in [4.78, 5) is 21.0. The first-order chi connectivity index (χ1) is 5.99. The van der Waals surface area contributed by atoms with Gasteiger partial charge in [0.05, 0.1) is 7.11 Å². The summed E-state index contributed by atoms with van der Waals surface area (Å²) in [5.41, 5.74) is 0. The van der Waals surface area contributed by atoms with Gasteiger partial charge >= 0.3 is 11.9 Å². The Labute approximate surface area is 91.5 Å². The summed E-state index contributed by atoms with van der Waals surface area (Å²) in [7, 11) is 1.23. The van der Waals surface area contributed by atoms with E-state index in [4.69, 9.17) is 5.11 Å². The zero-order valence-electron chi connectivity index (χ0n) is 6.58. The zero-order chi connectivity index (χ0) is 10.4. The standard InChI is InChI=1S/C7H6Br2O4/c1-13-5(10)3-2-4(8)6(9)7(11)12/h2-3H,1H3,(H,11,12). The second kappa shape index (κ2) is 5.93. The smallest absolute Gasteiger partial charge is 0.343 e. The monoisotopic (exact) mass is 312 g/mol. The molecule has 0 spiro atoms. The van der Waals surface area contributed by atoms with Gasteiger partial charge < -0.3 is 9.84 Å². The van der Waals surface area contributed by atoms with Crippen LogP contribution in [0.2, 0.25) is 0 Å². The highest BCUT2D eigenvalue weighted by molar-refractivity contribution is 9.14. The van der Waals surface area contributed by atoms with Gasteiger partial charge in [0.25, 0.3) is 0 Å². The summed E-state index contributed by atoms with van der Waals surface area (Å²) in [5.74, 6) is -1.68. The maximum atomic E-state index is 10.6. The van der Waals surface area contributed by atoms with E-state index in [1.54, 1.807) is 0 Å². The van der Waals surface area contributed by atoms with E-state index in [1.807, 2.05) is 0 Å². The van der Waals surface area contributed by atoms with Gasteiger partial charge in [0.1, 0.15) is 4.48 Å². The predicted molar refractivity (Wildman–Crippen MR) is 53.7 cm³/mol. The lowest BCUT2D eigenvalue weighted by Gasteiger charge is -1.93. The van der Waals surface area contributed by atoms with Gasteiger partial charge in [-0.3, -0.25) is 0 Å². The molecule has 13 heavy (non-hydrogen) atoms. The Hall–Kier alpha value is -0.620. The number of halogens is 2. The Kier molecular flexibility index (Phi) is 5.65. The molecule has 0 aromatic heterocycles. The van der Waals surface area contributed by atoms with Crippen LogP contribution in [-0.4, -0.2) is 24.2 Å². The Morgan fingerprint density at radius 2 is 1.85 bits per heavy atom. The highest BCUT2D eigenvalue weighted by atomic mass is 79.9. The Morgan fingerprint density at radius 3 is 2.23 bits per heavy atom. The Balaban J connectivity index is 4.54. The van der Waals surface area contributed by atoms with Gasteiger partial charge in [-0.15, -0.1) is 0 Å². The van der Waals surface area contributed by atoms with Crippen molar-refractivity contribution in [2.24, 2.45) is 0 Å². The van der Waals surface area contributed by atoms with Gasteiger partial charge in [-0.05, 0) is 37.9 Å². The van der Waals surface area contributed by atoms with Gasteiger partial charge in [-0.2, -0.15) is 0 Å². The van der Waals surface area contributed by atoms with Crippen LogP contribution in [0.25, 0.3) is 0 Å². The number of carbonyl (C=O) groups is 2. The van der Waals surface area contributed by atoms with Crippen LogP contribution in [0.4, 0.5) is 0 Å². The molecular weight excluding hydrogens is 308 g/mol. The van der Waals surface area contributed by atoms with Crippen molar-refractivity contribution in [2.45, 2.75) is 0 Å². The lowest BCUT2D eigenvalue weighted by molar-refractivity contribution is -0.135. The van der Waals surface area contributed by atoms with E-state index in [0.717, 1.165) is 6.08 Å². The van der Waals surface area contributed by atoms with E-state index >= 15 is 0 Å². The quantitative estimate of drug-likeness (QED) is 0.490. The highest BCUT2D eigenvalue weighted by Crippen LogP contribution is 2.19. The molecule has 1 N–H and O–H groups in total. The number of carboxylic acid groups (broad SMARTS) is 1. The Bertz CT molecular complexity index is 280. The fraction of sp³-hybridized carbons (Fsp3) is 0.143. The molecule has 0 bridgehead atoms. The first-order valence-electron chi connectivity index (χ1n) is 3.03. The lowest BCUT2D eigenvalue weighted by Crippen LogP contribution is -1.96. The molecule has 0 aliphatic heterocycles. The van der Waals surface area contributed by atoms with Crippen molar-refractivity contribution >= 4 is 43.8 Å². The molecule has 0 aromatic carbocycles. The minimum absolute atomic E-state index is 0.0624. The van der Waals surface area contributed by atoms with Crippen LogP contribution < -0.4 is 0 Å². The number of allylic oxidation sites excluding steroid dienone is 2. The molecule has 0 aliphatic carbocycles. The van der Waals surface area contributed by atoms with Gasteiger partial charge in [-0.25, -0.2) is 9.59 Å². The third-order valence-electron chi connectivity index (χ3n) is 0.964. The number of rotatable bonds is 3. The maximum Gasteiger partial charge on any atom is 0.343 e. The minimum atomic E-state index is -1.12. The van der Waals surface area contributed by atoms with Crippen molar-refractivity contribution in [3.63, 3.8) is 0 Å². The van der Waals surface area contributed by atoms with Crippen molar-refractivity contribution in [3.05, 3.63) is 21.1 Å². The largest absolute Gasteiger partial charge is 0.477 e. The van der Waals surface area contributed by atoms with Crippen molar-refractivity contribution in [2.75, 3.05) is 7.11 Å². The normalized spacial score (nSPS) is 12.5. The van der Waals surface area contributed by atoms with Gasteiger partial charge in [0, 0.05) is 10.6 Å². The summed E-state index contributed by atoms with van der Waals surface area (Å²) in [6.45, 7) is 0. The van der Waals surface area contributed by atoms with Crippen LogP contribution in [0.15, 0.2) is 21.1 Å². The van der Waals surface area contributed by atoms with Crippen molar-refractivity contribution in [3.8, 4) is 0 Å². The molecular formula is C7H6Br2O4. The molecule has 0 amide bonds. The predicted octanol–water partition coefficient (Wildman–Crippen LogP) is 1.80. The second-order valence-electron chi connectivity index (χ2n) is 1.82. The number of carbonyl (C=O) groups excluding carboxylic acids is 1. The fourth-order valence-corrected chi connectivity index (χ4v) is 0.818. The van der Waals surface area contributed by atoms with Crippen LogP contribution >= 0.6 is 31.9 Å². The molecule has 0 unspecified atom stereocenters. The van der Waals surface area contributed by atoms with Crippen molar-refractivity contribution < 1.29 is 19.4 Å². The van der Waals surface area contributed by atoms with E-state index in [1.165, 1.54) is 13.2 Å². The number of methoxy groups -OCH3 is 1. The van der Waals surface area contributed by atoms with Crippen molar-refractivity contribution in [1.82, 2.24) is 0 Å². The van der Waals surface area contributed by atoms with Gasteiger partial charge in [0.15, 0.2) is 0 Å². The average Bonchev–Trinajstić information content (AvgIpc) is 2.11. The molecule has 0 aliphatic rings. The molecule has 0 saturated heterocycles. The van der Waals surface area contributed by atoms with Crippen LogP contribution in [-0.2, 0) is 14.3 Å². The zero-order valence-corrected chi connectivity index (χ0v) is 9.75. The highest BCUT2D eigenvalue weighted by Gasteiger charge is 2.06. The third kappa shape index (κ3) is 4.84. The molecule has 0 fully saturated rings. The van der Waals surface area contributed by atoms with Crippen LogP contribution in [0.3, 0.4) is 0 Å². The van der Waals surface area contributed by atoms with Crippen LogP contribution in [0, 0.1) is 0 Å².